The van der Waals surface area contributed by atoms with Crippen LogP contribution in [0.25, 0.3) is 11.1 Å². The maximum Gasteiger partial charge on any atom is 0.425 e. The molecule has 0 fully saturated rings. The number of ether oxygens (including phenoxy) is 2. The van der Waals surface area contributed by atoms with Gasteiger partial charge in [0, 0.05) is 6.07 Å². The van der Waals surface area contributed by atoms with Crippen molar-refractivity contribution in [1.29, 1.82) is 0 Å². The van der Waals surface area contributed by atoms with Crippen molar-refractivity contribution >= 4 is 11.9 Å². The van der Waals surface area contributed by atoms with E-state index in [1.165, 1.54) is 0 Å². The van der Waals surface area contributed by atoms with Crippen molar-refractivity contribution < 1.29 is 36.6 Å². The lowest BCUT2D eigenvalue weighted by Crippen LogP contribution is -2.31. The van der Waals surface area contributed by atoms with Gasteiger partial charge in [0.2, 0.25) is 0 Å². The highest BCUT2D eigenvalue weighted by atomic mass is 19.4. The van der Waals surface area contributed by atoms with Crippen molar-refractivity contribution in [3.05, 3.63) is 89.2 Å². The van der Waals surface area contributed by atoms with E-state index in [0.29, 0.717) is 6.92 Å². The van der Waals surface area contributed by atoms with Gasteiger partial charge in [-0.1, -0.05) is 42.0 Å². The molecule has 0 amide bonds. The molecule has 0 saturated heterocycles. The van der Waals surface area contributed by atoms with Gasteiger partial charge in [-0.05, 0) is 49.2 Å². The highest BCUT2D eigenvalue weighted by Crippen LogP contribution is 2.25. The van der Waals surface area contributed by atoms with Crippen molar-refractivity contribution in [3.8, 4) is 16.9 Å². The van der Waals surface area contributed by atoms with Crippen molar-refractivity contribution in [1.82, 2.24) is 0 Å². The molecule has 0 aliphatic heterocycles. The normalized spacial score (nSPS) is 12.2. The Labute approximate surface area is 181 Å². The first-order chi connectivity index (χ1) is 15.0. The molecule has 0 bridgehead atoms. The summed E-state index contributed by atoms with van der Waals surface area (Å²) in [6, 6.07) is 17.1. The van der Waals surface area contributed by atoms with Crippen LogP contribution in [0.5, 0.6) is 5.75 Å². The molecule has 0 spiro atoms. The van der Waals surface area contributed by atoms with Crippen LogP contribution in [0.3, 0.4) is 0 Å². The number of hydrogen-bond donors (Lipinski definition) is 0. The van der Waals surface area contributed by atoms with Crippen LogP contribution < -0.4 is 4.74 Å². The number of benzene rings is 3. The molecule has 3 aromatic rings. The summed E-state index contributed by atoms with van der Waals surface area (Å²) < 4.78 is 61.0. The molecule has 32 heavy (non-hydrogen) atoms. The van der Waals surface area contributed by atoms with Crippen LogP contribution in [0.1, 0.15) is 33.2 Å². The van der Waals surface area contributed by atoms with Gasteiger partial charge in [0.25, 0.3) is 0 Å². The van der Waals surface area contributed by atoms with E-state index in [2.05, 4.69) is 4.74 Å². The summed E-state index contributed by atoms with van der Waals surface area (Å²) >= 11 is 0. The molecular weight excluding hydrogens is 428 g/mol. The molecule has 3 rings (SSSR count). The standard InChI is InChI=1S/C24H18F4O4/c1-14-3-5-16(6-4-14)17-7-9-18(10-8-17)22(29)32-19-11-12-20(21(25)13-19)23(30)31-15(2)24(26,27)28/h3-13,15H,1-2H3. The maximum atomic E-state index is 14.2. The van der Waals surface area contributed by atoms with E-state index >= 15 is 0 Å². The SMILES string of the molecule is Cc1ccc(-c2ccc(C(=O)Oc3ccc(C(=O)OC(C)C(F)(F)F)c(F)c3)cc2)cc1. The van der Waals surface area contributed by atoms with Crippen LogP contribution in [0.4, 0.5) is 17.6 Å². The zero-order valence-electron chi connectivity index (χ0n) is 17.1. The van der Waals surface area contributed by atoms with Crippen LogP contribution in [-0.4, -0.2) is 24.2 Å². The fourth-order valence-corrected chi connectivity index (χ4v) is 2.73. The minimum Gasteiger partial charge on any atom is -0.449 e. The molecule has 4 nitrogen and oxygen atoms in total. The summed E-state index contributed by atoms with van der Waals surface area (Å²) in [5, 5.41) is 0. The van der Waals surface area contributed by atoms with E-state index in [1.807, 2.05) is 31.2 Å². The first-order valence-corrected chi connectivity index (χ1v) is 9.51. The molecule has 166 valence electrons. The van der Waals surface area contributed by atoms with Crippen LogP contribution in [0, 0.1) is 12.7 Å². The van der Waals surface area contributed by atoms with Gasteiger partial charge in [0.15, 0.2) is 6.10 Å². The number of aryl methyl sites for hydroxylation is 1. The minimum atomic E-state index is -4.77. The Morgan fingerprint density at radius 3 is 1.94 bits per heavy atom. The number of esters is 2. The summed E-state index contributed by atoms with van der Waals surface area (Å²) in [5.41, 5.74) is 2.49. The third kappa shape index (κ3) is 5.51. The minimum absolute atomic E-state index is 0.212. The van der Waals surface area contributed by atoms with E-state index < -0.39 is 35.6 Å². The Morgan fingerprint density at radius 2 is 1.41 bits per heavy atom. The van der Waals surface area contributed by atoms with Gasteiger partial charge in [0.05, 0.1) is 11.1 Å². The fraction of sp³-hybridized carbons (Fsp3) is 0.167. The van der Waals surface area contributed by atoms with Crippen molar-refractivity contribution in [2.45, 2.75) is 26.1 Å². The van der Waals surface area contributed by atoms with Gasteiger partial charge in [0.1, 0.15) is 11.6 Å². The Morgan fingerprint density at radius 1 is 0.844 bits per heavy atom. The second-order valence-corrected chi connectivity index (χ2v) is 7.06. The second-order valence-electron chi connectivity index (χ2n) is 7.06. The molecule has 0 saturated carbocycles. The first kappa shape index (κ1) is 23.0. The number of alkyl halides is 3. The van der Waals surface area contributed by atoms with E-state index in [4.69, 9.17) is 4.74 Å². The zero-order valence-corrected chi connectivity index (χ0v) is 17.1. The lowest BCUT2D eigenvalue weighted by Gasteiger charge is -2.16. The summed E-state index contributed by atoms with van der Waals surface area (Å²) in [4.78, 5) is 24.1. The summed E-state index contributed by atoms with van der Waals surface area (Å²) in [6.07, 6.45) is -7.16. The molecule has 0 aliphatic rings. The number of halogens is 4. The monoisotopic (exact) mass is 446 g/mol. The topological polar surface area (TPSA) is 52.6 Å². The highest BCUT2D eigenvalue weighted by molar-refractivity contribution is 5.92. The maximum absolute atomic E-state index is 14.2. The largest absolute Gasteiger partial charge is 0.449 e. The lowest BCUT2D eigenvalue weighted by molar-refractivity contribution is -0.198. The summed E-state index contributed by atoms with van der Waals surface area (Å²) in [5.74, 6) is -3.63. The molecule has 0 heterocycles. The predicted molar refractivity (Wildman–Crippen MR) is 109 cm³/mol. The average Bonchev–Trinajstić information content (AvgIpc) is 2.73. The van der Waals surface area contributed by atoms with Crippen LogP contribution in [-0.2, 0) is 4.74 Å². The van der Waals surface area contributed by atoms with Crippen LogP contribution >= 0.6 is 0 Å². The molecule has 0 aliphatic carbocycles. The number of hydrogen-bond acceptors (Lipinski definition) is 4. The number of rotatable bonds is 5. The molecule has 3 aromatic carbocycles. The van der Waals surface area contributed by atoms with Gasteiger partial charge < -0.3 is 9.47 Å². The molecule has 0 N–H and O–H groups in total. The van der Waals surface area contributed by atoms with E-state index in [-0.39, 0.29) is 11.3 Å². The van der Waals surface area contributed by atoms with Crippen molar-refractivity contribution in [2.24, 2.45) is 0 Å². The third-order valence-corrected chi connectivity index (χ3v) is 4.62. The zero-order chi connectivity index (χ0) is 23.5. The summed E-state index contributed by atoms with van der Waals surface area (Å²) in [7, 11) is 0. The number of carbonyl (C=O) groups excluding carboxylic acids is 2. The summed E-state index contributed by atoms with van der Waals surface area (Å²) in [6.45, 7) is 2.61. The van der Waals surface area contributed by atoms with Crippen molar-refractivity contribution in [3.63, 3.8) is 0 Å². The highest BCUT2D eigenvalue weighted by Gasteiger charge is 2.39. The first-order valence-electron chi connectivity index (χ1n) is 9.51. The van der Waals surface area contributed by atoms with Crippen LogP contribution in [0.15, 0.2) is 66.7 Å². The van der Waals surface area contributed by atoms with Gasteiger partial charge in [-0.25, -0.2) is 14.0 Å². The van der Waals surface area contributed by atoms with Crippen LogP contribution in [0.2, 0.25) is 0 Å². The van der Waals surface area contributed by atoms with Gasteiger partial charge in [-0.15, -0.1) is 0 Å². The lowest BCUT2D eigenvalue weighted by atomic mass is 10.0. The van der Waals surface area contributed by atoms with Gasteiger partial charge >= 0.3 is 18.1 Å². The van der Waals surface area contributed by atoms with Crippen molar-refractivity contribution in [2.75, 3.05) is 0 Å². The molecule has 0 aromatic heterocycles. The third-order valence-electron chi connectivity index (χ3n) is 4.62. The Kier molecular flexibility index (Phi) is 6.62. The van der Waals surface area contributed by atoms with E-state index in [9.17, 15) is 27.2 Å². The Balaban J connectivity index is 1.68. The quantitative estimate of drug-likeness (QED) is 0.269. The molecule has 1 atom stereocenters. The molecule has 1 unspecified atom stereocenters. The predicted octanol–water partition coefficient (Wildman–Crippen LogP) is 6.13. The average molecular weight is 446 g/mol. The molecule has 0 radical (unpaired) electrons. The second kappa shape index (κ2) is 9.21. The van der Waals surface area contributed by atoms with Gasteiger partial charge in [-0.3, -0.25) is 0 Å². The smallest absolute Gasteiger partial charge is 0.425 e. The molecule has 8 heteroatoms. The fourth-order valence-electron chi connectivity index (χ4n) is 2.73. The number of carbonyl (C=O) groups is 2. The molecular formula is C24H18F4O4. The van der Waals surface area contributed by atoms with E-state index in [1.54, 1.807) is 24.3 Å². The van der Waals surface area contributed by atoms with E-state index in [0.717, 1.165) is 34.9 Å². The Hall–Kier alpha value is -3.68. The Bertz CT molecular complexity index is 1120. The van der Waals surface area contributed by atoms with Gasteiger partial charge in [-0.2, -0.15) is 13.2 Å².